The van der Waals surface area contributed by atoms with Crippen LogP contribution >= 0.6 is 11.8 Å². The van der Waals surface area contributed by atoms with Crippen molar-refractivity contribution in [3.05, 3.63) is 47.9 Å². The molecule has 0 spiro atoms. The maximum absolute atomic E-state index is 14.8. The van der Waals surface area contributed by atoms with Crippen molar-refractivity contribution in [2.75, 3.05) is 12.4 Å². The number of hydrogen-bond donors (Lipinski definition) is 2. The van der Waals surface area contributed by atoms with Gasteiger partial charge in [-0.05, 0) is 19.4 Å². The van der Waals surface area contributed by atoms with Crippen LogP contribution in [0.15, 0.2) is 35.7 Å². The number of halogens is 2. The van der Waals surface area contributed by atoms with Gasteiger partial charge in [0.1, 0.15) is 17.6 Å². The van der Waals surface area contributed by atoms with Crippen LogP contribution in [0.25, 0.3) is 11.0 Å². The van der Waals surface area contributed by atoms with E-state index in [0.29, 0.717) is 33.5 Å². The van der Waals surface area contributed by atoms with Crippen LogP contribution in [0, 0.1) is 17.6 Å². The number of amidine groups is 1. The summed E-state index contributed by atoms with van der Waals surface area (Å²) < 4.78 is 34.6. The number of aliphatic imine (C=N–C) groups is 1. The Morgan fingerprint density at radius 2 is 2.07 bits per heavy atom. The summed E-state index contributed by atoms with van der Waals surface area (Å²) in [5.74, 6) is -0.829. The molecule has 154 valence electrons. The van der Waals surface area contributed by atoms with E-state index in [1.807, 2.05) is 0 Å². The molecule has 30 heavy (non-hydrogen) atoms. The lowest BCUT2D eigenvalue weighted by Gasteiger charge is -2.30. The predicted molar refractivity (Wildman–Crippen MR) is 112 cm³/mol. The van der Waals surface area contributed by atoms with Gasteiger partial charge in [0.25, 0.3) is 0 Å². The van der Waals surface area contributed by atoms with Gasteiger partial charge in [-0.3, -0.25) is 4.99 Å². The third kappa shape index (κ3) is 3.02. The largest absolute Gasteiger partial charge is 0.495 e. The Morgan fingerprint density at radius 3 is 2.87 bits per heavy atom. The molecule has 1 aliphatic heterocycles. The fourth-order valence-corrected chi connectivity index (χ4v) is 5.23. The molecule has 0 saturated heterocycles. The Kier molecular flexibility index (Phi) is 4.28. The quantitative estimate of drug-likeness (QED) is 0.653. The number of aromatic nitrogens is 3. The number of hydrogen-bond acceptors (Lipinski definition) is 8. The summed E-state index contributed by atoms with van der Waals surface area (Å²) >= 11 is 1.49. The van der Waals surface area contributed by atoms with Gasteiger partial charge in [0.2, 0.25) is 0 Å². The van der Waals surface area contributed by atoms with Crippen LogP contribution in [-0.4, -0.2) is 32.5 Å². The Labute approximate surface area is 175 Å². The smallest absolute Gasteiger partial charge is 0.164 e. The van der Waals surface area contributed by atoms with Gasteiger partial charge in [-0.15, -0.1) is 0 Å². The summed E-state index contributed by atoms with van der Waals surface area (Å²) in [5, 5.41) is 3.73. The van der Waals surface area contributed by atoms with E-state index < -0.39 is 17.2 Å². The molecule has 0 radical (unpaired) electrons. The van der Waals surface area contributed by atoms with Crippen LogP contribution in [0.3, 0.4) is 0 Å². The molecule has 0 unspecified atom stereocenters. The van der Waals surface area contributed by atoms with Crippen molar-refractivity contribution in [3.63, 3.8) is 0 Å². The number of fused-ring (bicyclic) bond motifs is 2. The van der Waals surface area contributed by atoms with E-state index in [4.69, 9.17) is 10.5 Å². The number of methoxy groups -OCH3 is 1. The highest BCUT2D eigenvalue weighted by Gasteiger charge is 2.56. The van der Waals surface area contributed by atoms with Gasteiger partial charge in [-0.2, -0.15) is 0 Å². The van der Waals surface area contributed by atoms with Crippen molar-refractivity contribution in [2.45, 2.75) is 24.1 Å². The summed E-state index contributed by atoms with van der Waals surface area (Å²) in [4.78, 5) is 17.2. The first-order valence-electron chi connectivity index (χ1n) is 9.32. The molecule has 3 atom stereocenters. The Morgan fingerprint density at radius 1 is 1.23 bits per heavy atom. The van der Waals surface area contributed by atoms with E-state index >= 15 is 0 Å². The number of thioether (sulfide) groups is 1. The maximum atomic E-state index is 14.8. The second kappa shape index (κ2) is 6.76. The first-order valence-corrected chi connectivity index (χ1v) is 10.2. The highest BCUT2D eigenvalue weighted by molar-refractivity contribution is 8.14. The molecule has 3 N–H and O–H groups in total. The molecule has 7 nitrogen and oxygen atoms in total. The highest BCUT2D eigenvalue weighted by Crippen LogP contribution is 2.58. The number of ether oxygens (including phenoxy) is 1. The van der Waals surface area contributed by atoms with Crippen LogP contribution in [0.2, 0.25) is 0 Å². The minimum atomic E-state index is -0.964. The third-order valence-electron chi connectivity index (χ3n) is 5.59. The number of nitrogens with zero attached hydrogens (tertiary/aromatic N) is 4. The Hall–Kier alpha value is -3.01. The zero-order chi connectivity index (χ0) is 21.0. The van der Waals surface area contributed by atoms with E-state index in [0.717, 1.165) is 12.5 Å². The number of nitrogens with one attached hydrogen (secondary N) is 1. The van der Waals surface area contributed by atoms with Crippen molar-refractivity contribution in [2.24, 2.45) is 16.6 Å². The topological polar surface area (TPSA) is 98.3 Å². The number of benzene rings is 1. The molecule has 1 aromatic carbocycles. The summed E-state index contributed by atoms with van der Waals surface area (Å²) in [7, 11) is 1.54. The van der Waals surface area contributed by atoms with Crippen molar-refractivity contribution in [1.82, 2.24) is 15.0 Å². The van der Waals surface area contributed by atoms with Gasteiger partial charge in [0, 0.05) is 34.6 Å². The average Bonchev–Trinajstić information content (AvgIpc) is 3.50. The zero-order valence-electron chi connectivity index (χ0n) is 16.2. The molecule has 5 rings (SSSR count). The van der Waals surface area contributed by atoms with Gasteiger partial charge in [0.15, 0.2) is 22.6 Å². The van der Waals surface area contributed by atoms with Crippen LogP contribution in [0.1, 0.15) is 18.9 Å². The van der Waals surface area contributed by atoms with Gasteiger partial charge < -0.3 is 15.8 Å². The van der Waals surface area contributed by atoms with Crippen molar-refractivity contribution in [1.29, 1.82) is 0 Å². The van der Waals surface area contributed by atoms with E-state index in [1.54, 1.807) is 25.3 Å². The summed E-state index contributed by atoms with van der Waals surface area (Å²) in [5.41, 5.74) is 6.59. The molecule has 0 bridgehead atoms. The summed E-state index contributed by atoms with van der Waals surface area (Å²) in [6.07, 6.45) is 3.78. The number of nitrogens with two attached hydrogens (primary N) is 1. The molecule has 2 aromatic heterocycles. The fourth-order valence-electron chi connectivity index (χ4n) is 3.94. The number of rotatable bonds is 4. The molecule has 10 heteroatoms. The van der Waals surface area contributed by atoms with Crippen molar-refractivity contribution >= 4 is 39.5 Å². The van der Waals surface area contributed by atoms with Crippen LogP contribution in [-0.2, 0) is 5.54 Å². The highest BCUT2D eigenvalue weighted by atomic mass is 32.2. The lowest BCUT2D eigenvalue weighted by atomic mass is 9.86. The van der Waals surface area contributed by atoms with E-state index in [9.17, 15) is 8.78 Å². The maximum Gasteiger partial charge on any atom is 0.164 e. The fraction of sp³-hybridized carbons (Fsp3) is 0.300. The molecular weight excluding hydrogens is 410 g/mol. The van der Waals surface area contributed by atoms with E-state index in [1.165, 1.54) is 25.2 Å². The third-order valence-corrected chi connectivity index (χ3v) is 6.75. The Balaban J connectivity index is 1.57. The molecule has 2 aliphatic rings. The molecule has 0 amide bonds. The SMILES string of the molecule is COc1cnc2c(Nc3cc(F)c(F)c([C@]4(C)N=C(N)S[C@H]5C[C@H]54)c3)ncnc2c1. The molecule has 1 saturated carbocycles. The lowest BCUT2D eigenvalue weighted by molar-refractivity contribution is 0.393. The van der Waals surface area contributed by atoms with Crippen molar-refractivity contribution < 1.29 is 13.5 Å². The van der Waals surface area contributed by atoms with Crippen molar-refractivity contribution in [3.8, 4) is 5.75 Å². The molecular formula is C20H18F2N6OS. The zero-order valence-corrected chi connectivity index (χ0v) is 17.0. The van der Waals surface area contributed by atoms with Gasteiger partial charge >= 0.3 is 0 Å². The molecule has 1 fully saturated rings. The first-order chi connectivity index (χ1) is 14.4. The van der Waals surface area contributed by atoms with Crippen LogP contribution in [0.4, 0.5) is 20.3 Å². The van der Waals surface area contributed by atoms with Gasteiger partial charge in [0.05, 0.1) is 24.4 Å². The van der Waals surface area contributed by atoms with Gasteiger partial charge in [-0.1, -0.05) is 11.8 Å². The molecule has 3 heterocycles. The lowest BCUT2D eigenvalue weighted by Crippen LogP contribution is -2.32. The van der Waals surface area contributed by atoms with Crippen LogP contribution < -0.4 is 15.8 Å². The second-order valence-corrected chi connectivity index (χ2v) is 8.77. The normalized spacial score (nSPS) is 24.9. The summed E-state index contributed by atoms with van der Waals surface area (Å²) in [6.45, 7) is 1.81. The average molecular weight is 428 g/mol. The first kappa shape index (κ1) is 19.0. The minimum Gasteiger partial charge on any atom is -0.495 e. The molecule has 3 aromatic rings. The summed E-state index contributed by atoms with van der Waals surface area (Å²) in [6, 6.07) is 4.38. The minimum absolute atomic E-state index is 0.118. The molecule has 1 aliphatic carbocycles. The Bertz CT molecular complexity index is 1210. The second-order valence-electron chi connectivity index (χ2n) is 7.51. The number of pyridine rings is 1. The number of anilines is 2. The predicted octanol–water partition coefficient (Wildman–Crippen LogP) is 3.72. The standard InChI is InChI=1S/C20H18F2N6OS/c1-20(11-6-15(11)30-19(23)28-20)12-3-9(4-13(21)16(12)22)27-18-17-14(25-8-26-18)5-10(29-2)7-24-17/h3-5,7-8,11,15H,6H2,1-2H3,(H2,23,28)(H,25,26,27)/t11-,15+,20-/m1/s1. The van der Waals surface area contributed by atoms with E-state index in [-0.39, 0.29) is 16.7 Å². The monoisotopic (exact) mass is 428 g/mol. The van der Waals surface area contributed by atoms with Gasteiger partial charge in [-0.25, -0.2) is 23.7 Å². The van der Waals surface area contributed by atoms with Crippen LogP contribution in [0.5, 0.6) is 5.75 Å². The van der Waals surface area contributed by atoms with E-state index in [2.05, 4.69) is 25.3 Å².